The first-order chi connectivity index (χ1) is 9.52. The van der Waals surface area contributed by atoms with Crippen molar-refractivity contribution in [1.82, 2.24) is 10.3 Å². The molecule has 0 aliphatic carbocycles. The average molecular weight is 319 g/mol. The van der Waals surface area contributed by atoms with Crippen molar-refractivity contribution < 1.29 is 12.8 Å². The highest BCUT2D eigenvalue weighted by Crippen LogP contribution is 2.26. The zero-order chi connectivity index (χ0) is 14.6. The number of aromatic nitrogens is 1. The Labute approximate surface area is 124 Å². The SMILES string of the molecule is CCCNCc1coc(N2CCSCC2S(C)(=O)=O)n1. The molecule has 1 unspecified atom stereocenters. The van der Waals surface area contributed by atoms with E-state index < -0.39 is 15.2 Å². The number of hydrogen-bond acceptors (Lipinski definition) is 7. The molecule has 114 valence electrons. The Morgan fingerprint density at radius 3 is 3.10 bits per heavy atom. The van der Waals surface area contributed by atoms with Crippen LogP contribution in [0.2, 0.25) is 0 Å². The van der Waals surface area contributed by atoms with Gasteiger partial charge in [0.1, 0.15) is 11.6 Å². The van der Waals surface area contributed by atoms with Gasteiger partial charge in [0.25, 0.3) is 6.01 Å². The van der Waals surface area contributed by atoms with Gasteiger partial charge in [-0.05, 0) is 13.0 Å². The van der Waals surface area contributed by atoms with E-state index in [9.17, 15) is 8.42 Å². The number of nitrogens with one attached hydrogen (secondary N) is 1. The van der Waals surface area contributed by atoms with Crippen LogP contribution in [0.1, 0.15) is 19.0 Å². The Balaban J connectivity index is 2.09. The molecular weight excluding hydrogens is 298 g/mol. The highest BCUT2D eigenvalue weighted by atomic mass is 32.2. The van der Waals surface area contributed by atoms with E-state index in [-0.39, 0.29) is 0 Å². The van der Waals surface area contributed by atoms with Gasteiger partial charge in [-0.25, -0.2) is 8.42 Å². The van der Waals surface area contributed by atoms with Crippen LogP contribution in [0, 0.1) is 0 Å². The van der Waals surface area contributed by atoms with Gasteiger partial charge in [0.05, 0.1) is 5.69 Å². The van der Waals surface area contributed by atoms with Gasteiger partial charge in [0.15, 0.2) is 9.84 Å². The first-order valence-electron chi connectivity index (χ1n) is 6.70. The Bertz CT molecular complexity index is 530. The van der Waals surface area contributed by atoms with Crippen molar-refractivity contribution in [2.45, 2.75) is 25.3 Å². The molecule has 1 atom stereocenters. The molecule has 6 nitrogen and oxygen atoms in total. The second kappa shape index (κ2) is 6.82. The van der Waals surface area contributed by atoms with Crippen LogP contribution in [0.15, 0.2) is 10.7 Å². The third-order valence-corrected chi connectivity index (χ3v) is 5.74. The molecule has 0 spiro atoms. The van der Waals surface area contributed by atoms with Crippen molar-refractivity contribution in [3.63, 3.8) is 0 Å². The van der Waals surface area contributed by atoms with Crippen LogP contribution in [-0.2, 0) is 16.4 Å². The van der Waals surface area contributed by atoms with Crippen LogP contribution in [0.4, 0.5) is 6.01 Å². The number of oxazole rings is 1. The summed E-state index contributed by atoms with van der Waals surface area (Å²) in [6, 6.07) is 0.411. The lowest BCUT2D eigenvalue weighted by molar-refractivity contribution is 0.521. The maximum Gasteiger partial charge on any atom is 0.298 e. The van der Waals surface area contributed by atoms with Crippen molar-refractivity contribution in [2.75, 3.05) is 35.8 Å². The summed E-state index contributed by atoms with van der Waals surface area (Å²) in [5, 5.41) is 2.70. The van der Waals surface area contributed by atoms with E-state index in [1.807, 2.05) is 0 Å². The summed E-state index contributed by atoms with van der Waals surface area (Å²) in [4.78, 5) is 6.15. The first kappa shape index (κ1) is 15.7. The fourth-order valence-corrected chi connectivity index (χ4v) is 4.87. The molecule has 2 heterocycles. The van der Waals surface area contributed by atoms with E-state index in [4.69, 9.17) is 4.42 Å². The summed E-state index contributed by atoms with van der Waals surface area (Å²) < 4.78 is 29.2. The smallest absolute Gasteiger partial charge is 0.298 e. The van der Waals surface area contributed by atoms with Crippen molar-refractivity contribution in [3.8, 4) is 0 Å². The molecule has 0 bridgehead atoms. The van der Waals surface area contributed by atoms with Gasteiger partial charge >= 0.3 is 0 Å². The number of hydrogen-bond donors (Lipinski definition) is 1. The Hall–Kier alpha value is -0.730. The molecule has 0 aromatic carbocycles. The maximum atomic E-state index is 11.9. The van der Waals surface area contributed by atoms with E-state index in [0.29, 0.717) is 24.9 Å². The molecule has 1 aromatic heterocycles. The van der Waals surface area contributed by atoms with Crippen molar-refractivity contribution >= 4 is 27.6 Å². The summed E-state index contributed by atoms with van der Waals surface area (Å²) >= 11 is 1.65. The van der Waals surface area contributed by atoms with Crippen LogP contribution in [0.25, 0.3) is 0 Å². The summed E-state index contributed by atoms with van der Waals surface area (Å²) in [6.07, 6.45) is 3.92. The molecule has 1 aromatic rings. The Morgan fingerprint density at radius 2 is 2.40 bits per heavy atom. The molecule has 0 radical (unpaired) electrons. The van der Waals surface area contributed by atoms with E-state index >= 15 is 0 Å². The molecule has 1 fully saturated rings. The van der Waals surface area contributed by atoms with Crippen molar-refractivity contribution in [2.24, 2.45) is 0 Å². The van der Waals surface area contributed by atoms with Gasteiger partial charge in [-0.3, -0.25) is 0 Å². The third kappa shape index (κ3) is 3.89. The van der Waals surface area contributed by atoms with Crippen LogP contribution >= 0.6 is 11.8 Å². The zero-order valence-electron chi connectivity index (χ0n) is 11.8. The van der Waals surface area contributed by atoms with E-state index in [1.165, 1.54) is 6.26 Å². The van der Waals surface area contributed by atoms with Crippen molar-refractivity contribution in [1.29, 1.82) is 0 Å². The minimum Gasteiger partial charge on any atom is -0.432 e. The minimum absolute atomic E-state index is 0.411. The molecule has 1 aliphatic rings. The fourth-order valence-electron chi connectivity index (χ4n) is 2.06. The number of nitrogens with zero attached hydrogens (tertiary/aromatic N) is 2. The van der Waals surface area contributed by atoms with E-state index in [1.54, 1.807) is 22.9 Å². The molecule has 20 heavy (non-hydrogen) atoms. The largest absolute Gasteiger partial charge is 0.432 e. The summed E-state index contributed by atoms with van der Waals surface area (Å²) in [6.45, 7) is 4.31. The predicted octanol–water partition coefficient (Wildman–Crippen LogP) is 1.10. The predicted molar refractivity (Wildman–Crippen MR) is 81.8 cm³/mol. The summed E-state index contributed by atoms with van der Waals surface area (Å²) in [7, 11) is -3.15. The lowest BCUT2D eigenvalue weighted by atomic mass is 10.4. The maximum absolute atomic E-state index is 11.9. The number of sulfone groups is 1. The van der Waals surface area contributed by atoms with Gasteiger partial charge in [0, 0.05) is 30.9 Å². The average Bonchev–Trinajstić information content (AvgIpc) is 2.87. The van der Waals surface area contributed by atoms with Crippen LogP contribution < -0.4 is 10.2 Å². The molecule has 2 rings (SSSR count). The van der Waals surface area contributed by atoms with Gasteiger partial charge in [-0.2, -0.15) is 16.7 Å². The third-order valence-electron chi connectivity index (χ3n) is 3.10. The summed E-state index contributed by atoms with van der Waals surface area (Å²) in [5.74, 6) is 1.45. The van der Waals surface area contributed by atoms with Gasteiger partial charge in [-0.15, -0.1) is 0 Å². The van der Waals surface area contributed by atoms with E-state index in [0.717, 1.165) is 24.4 Å². The van der Waals surface area contributed by atoms with E-state index in [2.05, 4.69) is 17.2 Å². The molecule has 1 N–H and O–H groups in total. The standard InChI is InChI=1S/C12H21N3O3S2/c1-3-4-13-7-10-8-18-12(14-10)15-5-6-19-9-11(15)20(2,16)17/h8,11,13H,3-7,9H2,1-2H3. The van der Waals surface area contributed by atoms with Crippen molar-refractivity contribution in [3.05, 3.63) is 12.0 Å². The topological polar surface area (TPSA) is 75.4 Å². The quantitative estimate of drug-likeness (QED) is 0.787. The monoisotopic (exact) mass is 319 g/mol. The Kier molecular flexibility index (Phi) is 5.34. The molecule has 8 heteroatoms. The Morgan fingerprint density at radius 1 is 1.60 bits per heavy atom. The second-order valence-corrected chi connectivity index (χ2v) is 8.20. The lowest BCUT2D eigenvalue weighted by Crippen LogP contribution is -2.47. The minimum atomic E-state index is -3.15. The molecule has 1 aliphatic heterocycles. The van der Waals surface area contributed by atoms with Gasteiger partial charge in [0.2, 0.25) is 0 Å². The van der Waals surface area contributed by atoms with Gasteiger partial charge < -0.3 is 14.6 Å². The molecule has 0 saturated carbocycles. The fraction of sp³-hybridized carbons (Fsp3) is 0.750. The molecular formula is C12H21N3O3S2. The molecule has 0 amide bonds. The van der Waals surface area contributed by atoms with Gasteiger partial charge in [-0.1, -0.05) is 6.92 Å². The zero-order valence-corrected chi connectivity index (χ0v) is 13.5. The van der Waals surface area contributed by atoms with Crippen LogP contribution in [0.5, 0.6) is 0 Å². The molecule has 1 saturated heterocycles. The summed E-state index contributed by atoms with van der Waals surface area (Å²) in [5.41, 5.74) is 0.805. The first-order valence-corrected chi connectivity index (χ1v) is 9.81. The number of anilines is 1. The normalized spacial score (nSPS) is 20.3. The second-order valence-electron chi connectivity index (χ2n) is 4.85. The lowest BCUT2D eigenvalue weighted by Gasteiger charge is -2.32. The highest BCUT2D eigenvalue weighted by Gasteiger charge is 2.33. The number of rotatable bonds is 6. The highest BCUT2D eigenvalue weighted by molar-refractivity contribution is 8.01. The van der Waals surface area contributed by atoms with Crippen LogP contribution in [0.3, 0.4) is 0 Å². The number of thioether (sulfide) groups is 1. The van der Waals surface area contributed by atoms with Crippen LogP contribution in [-0.4, -0.2) is 49.6 Å².